The normalized spacial score (nSPS) is 15.3. The molecule has 0 unspecified atom stereocenters. The molecular weight excluding hydrogens is 376 g/mol. The first-order valence-electron chi connectivity index (χ1n) is 9.69. The molecule has 1 aromatic carbocycles. The number of carbonyl (C=O) groups is 2. The molecule has 2 aromatic rings. The minimum absolute atomic E-state index is 0.164. The SMILES string of the molecule is CC(C)(C)OC(=O)N1CCC(COC(=O)Cn2nnc3ccccc3c2=O)CC1. The number of nitrogens with zero attached hydrogens (tertiary/aromatic N) is 4. The molecule has 0 spiro atoms. The first-order chi connectivity index (χ1) is 13.7. The smallest absolute Gasteiger partial charge is 0.410 e. The highest BCUT2D eigenvalue weighted by atomic mass is 16.6. The standard InChI is InChI=1S/C20H26N4O5/c1-20(2,3)29-19(27)23-10-8-14(9-11-23)13-28-17(25)12-24-18(26)15-6-4-5-7-16(15)21-22-24/h4-7,14H,8-13H2,1-3H3. The number of amides is 1. The first kappa shape index (κ1) is 20.8. The van der Waals surface area contributed by atoms with Gasteiger partial charge in [-0.1, -0.05) is 17.3 Å². The van der Waals surface area contributed by atoms with Gasteiger partial charge in [0.05, 0.1) is 12.0 Å². The van der Waals surface area contributed by atoms with Crippen LogP contribution < -0.4 is 5.56 Å². The summed E-state index contributed by atoms with van der Waals surface area (Å²) < 4.78 is 11.7. The Hall–Kier alpha value is -2.97. The highest BCUT2D eigenvalue weighted by Crippen LogP contribution is 2.20. The zero-order chi connectivity index (χ0) is 21.0. The van der Waals surface area contributed by atoms with E-state index in [1.54, 1.807) is 29.2 Å². The van der Waals surface area contributed by atoms with Crippen molar-refractivity contribution in [3.63, 3.8) is 0 Å². The molecule has 1 amide bonds. The van der Waals surface area contributed by atoms with Gasteiger partial charge >= 0.3 is 12.1 Å². The molecule has 0 N–H and O–H groups in total. The summed E-state index contributed by atoms with van der Waals surface area (Å²) in [5.41, 5.74) is -0.412. The molecule has 3 rings (SSSR count). The van der Waals surface area contributed by atoms with Crippen molar-refractivity contribution < 1.29 is 19.1 Å². The molecule has 2 heterocycles. The molecule has 1 saturated heterocycles. The third-order valence-corrected chi connectivity index (χ3v) is 4.65. The van der Waals surface area contributed by atoms with Crippen LogP contribution in [0.4, 0.5) is 4.79 Å². The zero-order valence-corrected chi connectivity index (χ0v) is 17.0. The minimum Gasteiger partial charge on any atom is -0.464 e. The van der Waals surface area contributed by atoms with Crippen molar-refractivity contribution in [2.75, 3.05) is 19.7 Å². The van der Waals surface area contributed by atoms with Crippen LogP contribution in [0.2, 0.25) is 0 Å². The molecule has 0 radical (unpaired) electrons. The summed E-state index contributed by atoms with van der Waals surface area (Å²) in [4.78, 5) is 38.3. The number of carbonyl (C=O) groups excluding carboxylic acids is 2. The third-order valence-electron chi connectivity index (χ3n) is 4.65. The second-order valence-corrected chi connectivity index (χ2v) is 8.16. The Balaban J connectivity index is 1.47. The molecule has 0 atom stereocenters. The van der Waals surface area contributed by atoms with Crippen LogP contribution in [-0.2, 0) is 20.8 Å². The molecule has 0 saturated carbocycles. The number of rotatable bonds is 4. The molecule has 0 bridgehead atoms. The van der Waals surface area contributed by atoms with Crippen LogP contribution in [0, 0.1) is 5.92 Å². The molecule has 1 aliphatic heterocycles. The summed E-state index contributed by atoms with van der Waals surface area (Å²) in [6.07, 6.45) is 1.13. The van der Waals surface area contributed by atoms with Gasteiger partial charge in [0.25, 0.3) is 5.56 Å². The summed E-state index contributed by atoms with van der Waals surface area (Å²) in [6.45, 7) is 6.59. The summed E-state index contributed by atoms with van der Waals surface area (Å²) in [5.74, 6) is -0.372. The van der Waals surface area contributed by atoms with E-state index in [1.807, 2.05) is 20.8 Å². The zero-order valence-electron chi connectivity index (χ0n) is 17.0. The van der Waals surface area contributed by atoms with Gasteiger partial charge in [0, 0.05) is 13.1 Å². The van der Waals surface area contributed by atoms with E-state index in [9.17, 15) is 14.4 Å². The fourth-order valence-electron chi connectivity index (χ4n) is 3.11. The molecule has 9 nitrogen and oxygen atoms in total. The van der Waals surface area contributed by atoms with Gasteiger partial charge in [-0.3, -0.25) is 9.59 Å². The predicted octanol–water partition coefficient (Wildman–Crippen LogP) is 1.98. The van der Waals surface area contributed by atoms with Crippen LogP contribution in [0.15, 0.2) is 29.1 Å². The quantitative estimate of drug-likeness (QED) is 0.720. The van der Waals surface area contributed by atoms with Crippen LogP contribution in [0.25, 0.3) is 10.9 Å². The summed E-state index contributed by atoms with van der Waals surface area (Å²) in [7, 11) is 0. The van der Waals surface area contributed by atoms with Gasteiger partial charge in [0.15, 0.2) is 0 Å². The highest BCUT2D eigenvalue weighted by molar-refractivity contribution is 5.77. The predicted molar refractivity (Wildman–Crippen MR) is 105 cm³/mol. The third kappa shape index (κ3) is 5.52. The molecule has 1 aliphatic rings. The number of esters is 1. The fourth-order valence-corrected chi connectivity index (χ4v) is 3.11. The Labute approximate surface area is 168 Å². The number of piperidine rings is 1. The highest BCUT2D eigenvalue weighted by Gasteiger charge is 2.27. The minimum atomic E-state index is -0.536. The van der Waals surface area contributed by atoms with E-state index >= 15 is 0 Å². The molecular formula is C20H26N4O5. The van der Waals surface area contributed by atoms with Crippen molar-refractivity contribution in [2.24, 2.45) is 5.92 Å². The topological polar surface area (TPSA) is 104 Å². The lowest BCUT2D eigenvalue weighted by Crippen LogP contribution is -2.42. The van der Waals surface area contributed by atoms with Crippen LogP contribution in [0.1, 0.15) is 33.6 Å². The largest absolute Gasteiger partial charge is 0.464 e. The van der Waals surface area contributed by atoms with Crippen molar-refractivity contribution in [2.45, 2.75) is 45.8 Å². The van der Waals surface area contributed by atoms with Crippen LogP contribution >= 0.6 is 0 Å². The van der Waals surface area contributed by atoms with Crippen LogP contribution in [0.3, 0.4) is 0 Å². The van der Waals surface area contributed by atoms with Crippen molar-refractivity contribution in [3.8, 4) is 0 Å². The lowest BCUT2D eigenvalue weighted by atomic mass is 9.98. The number of ether oxygens (including phenoxy) is 2. The summed E-state index contributed by atoms with van der Waals surface area (Å²) >= 11 is 0. The van der Waals surface area contributed by atoms with Gasteiger partial charge in [0.1, 0.15) is 17.7 Å². The van der Waals surface area contributed by atoms with E-state index in [-0.39, 0.29) is 30.7 Å². The van der Waals surface area contributed by atoms with Crippen LogP contribution in [-0.4, -0.2) is 57.3 Å². The maximum Gasteiger partial charge on any atom is 0.410 e. The van der Waals surface area contributed by atoms with Crippen molar-refractivity contribution in [1.29, 1.82) is 0 Å². The summed E-state index contributed by atoms with van der Waals surface area (Å²) in [5, 5.41) is 8.15. The molecule has 1 aromatic heterocycles. The Morgan fingerprint density at radius 3 is 2.55 bits per heavy atom. The van der Waals surface area contributed by atoms with Crippen molar-refractivity contribution in [1.82, 2.24) is 19.9 Å². The first-order valence-corrected chi connectivity index (χ1v) is 9.69. The van der Waals surface area contributed by atoms with Crippen molar-refractivity contribution in [3.05, 3.63) is 34.6 Å². The monoisotopic (exact) mass is 402 g/mol. The van der Waals surface area contributed by atoms with E-state index in [0.29, 0.717) is 24.0 Å². The maximum absolute atomic E-state index is 12.4. The Morgan fingerprint density at radius 2 is 1.86 bits per heavy atom. The number of fused-ring (bicyclic) bond motifs is 1. The average molecular weight is 402 g/mol. The van der Waals surface area contributed by atoms with Crippen LogP contribution in [0.5, 0.6) is 0 Å². The van der Waals surface area contributed by atoms with Gasteiger partial charge in [-0.25, -0.2) is 4.79 Å². The second-order valence-electron chi connectivity index (χ2n) is 8.16. The molecule has 1 fully saturated rings. The maximum atomic E-state index is 12.4. The number of hydrogen-bond donors (Lipinski definition) is 0. The van der Waals surface area contributed by atoms with Crippen molar-refractivity contribution >= 4 is 23.0 Å². The lowest BCUT2D eigenvalue weighted by Gasteiger charge is -2.33. The second kappa shape index (κ2) is 8.59. The molecule has 29 heavy (non-hydrogen) atoms. The molecule has 156 valence electrons. The number of aromatic nitrogens is 3. The number of hydrogen-bond acceptors (Lipinski definition) is 7. The van der Waals surface area contributed by atoms with E-state index < -0.39 is 11.6 Å². The Morgan fingerprint density at radius 1 is 1.17 bits per heavy atom. The lowest BCUT2D eigenvalue weighted by molar-refractivity contribution is -0.146. The summed E-state index contributed by atoms with van der Waals surface area (Å²) in [6, 6.07) is 6.84. The Kier molecular flexibility index (Phi) is 6.14. The average Bonchev–Trinajstić information content (AvgIpc) is 2.68. The van der Waals surface area contributed by atoms with Gasteiger partial charge < -0.3 is 14.4 Å². The van der Waals surface area contributed by atoms with Gasteiger partial charge in [-0.2, -0.15) is 4.68 Å². The van der Waals surface area contributed by atoms with Gasteiger partial charge in [-0.05, 0) is 51.7 Å². The van der Waals surface area contributed by atoms with Gasteiger partial charge in [0.2, 0.25) is 0 Å². The van der Waals surface area contributed by atoms with E-state index in [2.05, 4.69) is 10.3 Å². The van der Waals surface area contributed by atoms with Gasteiger partial charge in [-0.15, -0.1) is 5.10 Å². The van der Waals surface area contributed by atoms with E-state index in [4.69, 9.17) is 9.47 Å². The number of likely N-dealkylation sites (tertiary alicyclic amines) is 1. The molecule has 9 heteroatoms. The molecule has 0 aliphatic carbocycles. The Bertz CT molecular complexity index is 942. The van der Waals surface area contributed by atoms with E-state index in [1.165, 1.54) is 0 Å². The fraction of sp³-hybridized carbons (Fsp3) is 0.550. The number of benzene rings is 1. The van der Waals surface area contributed by atoms with E-state index in [0.717, 1.165) is 17.5 Å².